The number of ether oxygens (including phenoxy) is 2. The van der Waals surface area contributed by atoms with Gasteiger partial charge in [0, 0.05) is 32.7 Å². The topological polar surface area (TPSA) is 45.2 Å². The Bertz CT molecular complexity index is 467. The van der Waals surface area contributed by atoms with Gasteiger partial charge < -0.3 is 14.6 Å². The van der Waals surface area contributed by atoms with E-state index in [9.17, 15) is 5.11 Å². The number of rotatable bonds is 7. The van der Waals surface area contributed by atoms with Gasteiger partial charge >= 0.3 is 0 Å². The van der Waals surface area contributed by atoms with Gasteiger partial charge in [-0.05, 0) is 24.7 Å². The fourth-order valence-corrected chi connectivity index (χ4v) is 2.96. The first-order valence-electron chi connectivity index (χ1n) is 7.57. The van der Waals surface area contributed by atoms with Crippen LogP contribution < -0.4 is 4.74 Å². The van der Waals surface area contributed by atoms with Crippen LogP contribution in [0.5, 0.6) is 5.75 Å². The monoisotopic (exact) mass is 328 g/mol. The molecule has 6 heteroatoms. The van der Waals surface area contributed by atoms with Gasteiger partial charge in [-0.2, -0.15) is 0 Å². The van der Waals surface area contributed by atoms with Crippen molar-refractivity contribution in [3.8, 4) is 5.75 Å². The zero-order valence-electron chi connectivity index (χ0n) is 13.3. The molecule has 1 heterocycles. The van der Waals surface area contributed by atoms with Crippen molar-refractivity contribution in [2.75, 3.05) is 53.6 Å². The van der Waals surface area contributed by atoms with Crippen molar-refractivity contribution < 1.29 is 14.6 Å². The molecule has 0 aliphatic carbocycles. The summed E-state index contributed by atoms with van der Waals surface area (Å²) in [7, 11) is 3.61. The molecule has 1 N–H and O–H groups in total. The minimum absolute atomic E-state index is 0.364. The first kappa shape index (κ1) is 17.5. The highest BCUT2D eigenvalue weighted by Crippen LogP contribution is 2.25. The van der Waals surface area contributed by atoms with Gasteiger partial charge in [0.25, 0.3) is 0 Å². The molecule has 2 rings (SSSR count). The summed E-state index contributed by atoms with van der Waals surface area (Å²) in [6, 6.07) is 5.77. The molecule has 124 valence electrons. The van der Waals surface area contributed by atoms with E-state index >= 15 is 0 Å². The van der Waals surface area contributed by atoms with Crippen molar-refractivity contribution in [1.82, 2.24) is 9.80 Å². The number of hydrogen-bond acceptors (Lipinski definition) is 5. The van der Waals surface area contributed by atoms with Gasteiger partial charge in [0.1, 0.15) is 5.75 Å². The highest BCUT2D eigenvalue weighted by atomic mass is 35.5. The summed E-state index contributed by atoms with van der Waals surface area (Å²) in [6.07, 6.45) is -0.364. The summed E-state index contributed by atoms with van der Waals surface area (Å²) in [5.41, 5.74) is 1.10. The van der Waals surface area contributed by atoms with E-state index in [2.05, 4.69) is 9.80 Å². The summed E-state index contributed by atoms with van der Waals surface area (Å²) >= 11 is 6.14. The van der Waals surface area contributed by atoms with Gasteiger partial charge in [-0.25, -0.2) is 0 Å². The van der Waals surface area contributed by atoms with E-state index in [0.29, 0.717) is 23.9 Å². The standard InChI is InChI=1S/C16H25ClN2O3/c1-18(10-13-3-4-16(21-2)15(17)9-13)11-14(20)12-19-5-7-22-8-6-19/h3-4,9,14,20H,5-8,10-12H2,1-2H3. The molecule has 22 heavy (non-hydrogen) atoms. The Morgan fingerprint density at radius 1 is 1.41 bits per heavy atom. The van der Waals surface area contributed by atoms with E-state index in [4.69, 9.17) is 21.1 Å². The van der Waals surface area contributed by atoms with Crippen molar-refractivity contribution in [2.45, 2.75) is 12.6 Å². The highest BCUT2D eigenvalue weighted by Gasteiger charge is 2.16. The molecule has 1 aromatic rings. The maximum atomic E-state index is 10.2. The Hall–Kier alpha value is -0.850. The molecule has 1 aromatic carbocycles. The number of methoxy groups -OCH3 is 1. The van der Waals surface area contributed by atoms with Crippen LogP contribution >= 0.6 is 11.6 Å². The molecule has 0 radical (unpaired) electrons. The zero-order valence-corrected chi connectivity index (χ0v) is 14.1. The zero-order chi connectivity index (χ0) is 15.9. The maximum absolute atomic E-state index is 10.2. The normalized spacial score (nSPS) is 17.7. The van der Waals surface area contributed by atoms with Crippen molar-refractivity contribution in [1.29, 1.82) is 0 Å². The Kier molecular flexibility index (Phi) is 6.92. The van der Waals surface area contributed by atoms with Crippen LogP contribution in [0.25, 0.3) is 0 Å². The average molecular weight is 329 g/mol. The van der Waals surface area contributed by atoms with Crippen LogP contribution in [-0.2, 0) is 11.3 Å². The fourth-order valence-electron chi connectivity index (χ4n) is 2.68. The molecule has 0 aromatic heterocycles. The molecular weight excluding hydrogens is 304 g/mol. The second-order valence-electron chi connectivity index (χ2n) is 5.73. The predicted molar refractivity (Wildman–Crippen MR) is 87.6 cm³/mol. The highest BCUT2D eigenvalue weighted by molar-refractivity contribution is 6.32. The summed E-state index contributed by atoms with van der Waals surface area (Å²) in [4.78, 5) is 4.34. The SMILES string of the molecule is COc1ccc(CN(C)CC(O)CN2CCOCC2)cc1Cl. The molecule has 5 nitrogen and oxygen atoms in total. The number of likely N-dealkylation sites (N-methyl/N-ethyl adjacent to an activating group) is 1. The number of aliphatic hydroxyl groups is 1. The van der Waals surface area contributed by atoms with Crippen molar-refractivity contribution in [2.24, 2.45) is 0 Å². The van der Waals surface area contributed by atoms with Crippen LogP contribution in [0.2, 0.25) is 5.02 Å². The second-order valence-corrected chi connectivity index (χ2v) is 6.14. The Labute approximate surface area is 137 Å². The molecular formula is C16H25ClN2O3. The third-order valence-corrected chi connectivity index (χ3v) is 4.06. The number of nitrogens with zero attached hydrogens (tertiary/aromatic N) is 2. The molecule has 1 aliphatic rings. The molecule has 0 amide bonds. The molecule has 0 spiro atoms. The molecule has 1 saturated heterocycles. The Morgan fingerprint density at radius 2 is 2.14 bits per heavy atom. The van der Waals surface area contributed by atoms with Crippen LogP contribution in [-0.4, -0.2) is 74.6 Å². The van der Waals surface area contributed by atoms with Gasteiger partial charge in [0.05, 0.1) is 31.5 Å². The van der Waals surface area contributed by atoms with E-state index in [1.807, 2.05) is 25.2 Å². The van der Waals surface area contributed by atoms with Crippen LogP contribution in [0.1, 0.15) is 5.56 Å². The van der Waals surface area contributed by atoms with Gasteiger partial charge in [0.15, 0.2) is 0 Å². The number of hydrogen-bond donors (Lipinski definition) is 1. The van der Waals surface area contributed by atoms with Crippen molar-refractivity contribution in [3.63, 3.8) is 0 Å². The van der Waals surface area contributed by atoms with E-state index in [1.54, 1.807) is 7.11 Å². The summed E-state index contributed by atoms with van der Waals surface area (Å²) < 4.78 is 10.5. The lowest BCUT2D eigenvalue weighted by Gasteiger charge is -2.30. The van der Waals surface area contributed by atoms with E-state index < -0.39 is 0 Å². The molecule has 0 saturated carbocycles. The molecule has 0 bridgehead atoms. The number of benzene rings is 1. The molecule has 1 atom stereocenters. The van der Waals surface area contributed by atoms with E-state index in [0.717, 1.165) is 38.4 Å². The minimum atomic E-state index is -0.364. The van der Waals surface area contributed by atoms with Crippen molar-refractivity contribution >= 4 is 11.6 Å². The first-order chi connectivity index (χ1) is 10.6. The van der Waals surface area contributed by atoms with Gasteiger partial charge in [-0.3, -0.25) is 9.80 Å². The van der Waals surface area contributed by atoms with Crippen LogP contribution in [0.15, 0.2) is 18.2 Å². The fraction of sp³-hybridized carbons (Fsp3) is 0.625. The van der Waals surface area contributed by atoms with Gasteiger partial charge in [-0.15, -0.1) is 0 Å². The maximum Gasteiger partial charge on any atom is 0.137 e. The summed E-state index contributed by atoms with van der Waals surface area (Å²) in [6.45, 7) is 5.37. The molecule has 1 fully saturated rings. The lowest BCUT2D eigenvalue weighted by Crippen LogP contribution is -2.43. The Balaban J connectivity index is 1.78. The third-order valence-electron chi connectivity index (χ3n) is 3.76. The quantitative estimate of drug-likeness (QED) is 0.821. The first-order valence-corrected chi connectivity index (χ1v) is 7.95. The lowest BCUT2D eigenvalue weighted by atomic mass is 10.2. The molecule has 1 unspecified atom stereocenters. The van der Waals surface area contributed by atoms with E-state index in [-0.39, 0.29) is 6.10 Å². The van der Waals surface area contributed by atoms with Gasteiger partial charge in [-0.1, -0.05) is 17.7 Å². The van der Waals surface area contributed by atoms with Crippen LogP contribution in [0.3, 0.4) is 0 Å². The smallest absolute Gasteiger partial charge is 0.137 e. The minimum Gasteiger partial charge on any atom is -0.495 e. The third kappa shape index (κ3) is 5.41. The largest absolute Gasteiger partial charge is 0.495 e. The van der Waals surface area contributed by atoms with Gasteiger partial charge in [0.2, 0.25) is 0 Å². The number of β-amino-alcohol motifs (C(OH)–C–C–N with tert-alkyl or cyclic N) is 1. The number of morpholine rings is 1. The number of aliphatic hydroxyl groups excluding tert-OH is 1. The summed E-state index contributed by atoms with van der Waals surface area (Å²) in [5, 5.41) is 10.8. The number of halogens is 1. The van der Waals surface area contributed by atoms with Crippen LogP contribution in [0, 0.1) is 0 Å². The average Bonchev–Trinajstić information content (AvgIpc) is 2.48. The second kappa shape index (κ2) is 8.70. The predicted octanol–water partition coefficient (Wildman–Crippen LogP) is 1.47. The molecule has 1 aliphatic heterocycles. The van der Waals surface area contributed by atoms with Crippen LogP contribution in [0.4, 0.5) is 0 Å². The van der Waals surface area contributed by atoms with Crippen molar-refractivity contribution in [3.05, 3.63) is 28.8 Å². The Morgan fingerprint density at radius 3 is 2.77 bits per heavy atom. The lowest BCUT2D eigenvalue weighted by molar-refractivity contribution is 0.00825. The summed E-state index contributed by atoms with van der Waals surface area (Å²) in [5.74, 6) is 0.681. The van der Waals surface area contributed by atoms with E-state index in [1.165, 1.54) is 0 Å².